The van der Waals surface area contributed by atoms with Gasteiger partial charge in [-0.3, -0.25) is 14.4 Å². The second kappa shape index (κ2) is 8.29. The van der Waals surface area contributed by atoms with Crippen molar-refractivity contribution in [3.63, 3.8) is 0 Å². The summed E-state index contributed by atoms with van der Waals surface area (Å²) in [7, 11) is -0.0135. The molecule has 0 aromatic carbocycles. The highest BCUT2D eigenvalue weighted by atomic mass is 32.2. The summed E-state index contributed by atoms with van der Waals surface area (Å²) >= 11 is 0. The van der Waals surface area contributed by atoms with Gasteiger partial charge in [0.2, 0.25) is 5.91 Å². The lowest BCUT2D eigenvalue weighted by Gasteiger charge is -2.25. The number of aryl methyl sites for hydroxylation is 2. The monoisotopic (exact) mass is 371 g/mol. The molecule has 1 saturated heterocycles. The third-order valence-electron chi connectivity index (χ3n) is 4.72. The van der Waals surface area contributed by atoms with E-state index in [4.69, 9.17) is 0 Å². The van der Waals surface area contributed by atoms with Crippen LogP contribution in [0.3, 0.4) is 0 Å². The van der Waals surface area contributed by atoms with Crippen LogP contribution in [0.2, 0.25) is 0 Å². The van der Waals surface area contributed by atoms with Crippen LogP contribution in [0.15, 0.2) is 11.1 Å². The van der Waals surface area contributed by atoms with Crippen molar-refractivity contribution < 1.29 is 13.2 Å². The number of hydrogen-bond donors (Lipinski definition) is 2. The summed E-state index contributed by atoms with van der Waals surface area (Å²) in [6, 6.07) is 1.81. The fourth-order valence-corrected chi connectivity index (χ4v) is 4.53. The molecule has 1 aliphatic rings. The first kappa shape index (κ1) is 19.9. The molecule has 8 nitrogen and oxygen atoms in total. The summed E-state index contributed by atoms with van der Waals surface area (Å²) in [5, 5.41) is 7.15. The van der Waals surface area contributed by atoms with Crippen LogP contribution in [-0.2, 0) is 21.9 Å². The van der Waals surface area contributed by atoms with Crippen molar-refractivity contribution in [2.24, 2.45) is 7.05 Å². The van der Waals surface area contributed by atoms with Crippen LogP contribution in [0.1, 0.15) is 38.3 Å². The SMILES string of the molecule is CCCNC(=O)C[C@H]1CC[C@@H](CNS(=O)(=O)c2cc(C)nn2C)N1C. The molecule has 1 aromatic heterocycles. The highest BCUT2D eigenvalue weighted by Crippen LogP contribution is 2.24. The molecule has 2 N–H and O–H groups in total. The Morgan fingerprint density at radius 2 is 2.00 bits per heavy atom. The van der Waals surface area contributed by atoms with E-state index in [0.29, 0.717) is 25.2 Å². The summed E-state index contributed by atoms with van der Waals surface area (Å²) in [6.07, 6.45) is 3.15. The molecule has 0 radical (unpaired) electrons. The average molecular weight is 372 g/mol. The van der Waals surface area contributed by atoms with Gasteiger partial charge in [-0.1, -0.05) is 6.92 Å². The number of rotatable bonds is 8. The first-order valence-corrected chi connectivity index (χ1v) is 10.2. The first-order chi connectivity index (χ1) is 11.7. The predicted molar refractivity (Wildman–Crippen MR) is 95.6 cm³/mol. The topological polar surface area (TPSA) is 96.3 Å². The van der Waals surface area contributed by atoms with E-state index in [-0.39, 0.29) is 23.0 Å². The van der Waals surface area contributed by atoms with E-state index in [2.05, 4.69) is 20.0 Å². The number of hydrogen-bond acceptors (Lipinski definition) is 5. The Morgan fingerprint density at radius 1 is 1.32 bits per heavy atom. The van der Waals surface area contributed by atoms with Gasteiger partial charge in [0.05, 0.1) is 5.69 Å². The molecule has 2 rings (SSSR count). The molecule has 1 aliphatic heterocycles. The molecule has 25 heavy (non-hydrogen) atoms. The molecule has 142 valence electrons. The lowest BCUT2D eigenvalue weighted by Crippen LogP contribution is -2.42. The lowest BCUT2D eigenvalue weighted by atomic mass is 10.1. The Kier molecular flexibility index (Phi) is 6.59. The maximum absolute atomic E-state index is 12.5. The maximum atomic E-state index is 12.5. The van der Waals surface area contributed by atoms with Gasteiger partial charge in [-0.2, -0.15) is 5.10 Å². The number of carbonyl (C=O) groups excluding carboxylic acids is 1. The van der Waals surface area contributed by atoms with E-state index in [0.717, 1.165) is 19.3 Å². The zero-order valence-electron chi connectivity index (χ0n) is 15.4. The van der Waals surface area contributed by atoms with Crippen LogP contribution in [-0.4, -0.2) is 61.2 Å². The van der Waals surface area contributed by atoms with Crippen LogP contribution in [0.4, 0.5) is 0 Å². The molecule has 2 atom stereocenters. The van der Waals surface area contributed by atoms with Crippen molar-refractivity contribution >= 4 is 15.9 Å². The summed E-state index contributed by atoms with van der Waals surface area (Å²) < 4.78 is 29.0. The normalized spacial score (nSPS) is 21.6. The number of sulfonamides is 1. The van der Waals surface area contributed by atoms with Crippen molar-refractivity contribution in [2.75, 3.05) is 20.1 Å². The molecule has 0 spiro atoms. The Bertz CT molecular complexity index is 701. The van der Waals surface area contributed by atoms with Gasteiger partial charge in [0, 0.05) is 38.6 Å². The minimum atomic E-state index is -3.59. The van der Waals surface area contributed by atoms with Crippen LogP contribution < -0.4 is 10.0 Å². The highest BCUT2D eigenvalue weighted by Gasteiger charge is 2.32. The molecule has 0 unspecified atom stereocenters. The molecule has 1 aromatic rings. The van der Waals surface area contributed by atoms with Crippen LogP contribution in [0, 0.1) is 6.92 Å². The Morgan fingerprint density at radius 3 is 2.60 bits per heavy atom. The zero-order chi connectivity index (χ0) is 18.6. The molecule has 2 heterocycles. The van der Waals surface area contributed by atoms with Gasteiger partial charge in [-0.15, -0.1) is 0 Å². The summed E-state index contributed by atoms with van der Waals surface area (Å²) in [5.41, 5.74) is 0.666. The minimum absolute atomic E-state index is 0.0605. The van der Waals surface area contributed by atoms with E-state index in [1.807, 2.05) is 14.0 Å². The van der Waals surface area contributed by atoms with Crippen molar-refractivity contribution in [3.8, 4) is 0 Å². The van der Waals surface area contributed by atoms with Crippen LogP contribution in [0.25, 0.3) is 0 Å². The van der Waals surface area contributed by atoms with Gasteiger partial charge >= 0.3 is 0 Å². The summed E-state index contributed by atoms with van der Waals surface area (Å²) in [6.45, 7) is 4.81. The number of nitrogens with one attached hydrogen (secondary N) is 2. The number of likely N-dealkylation sites (N-methyl/N-ethyl adjacent to an activating group) is 1. The molecule has 0 aliphatic carbocycles. The van der Waals surface area contributed by atoms with E-state index in [1.54, 1.807) is 20.0 Å². The largest absolute Gasteiger partial charge is 0.356 e. The number of nitrogens with zero attached hydrogens (tertiary/aromatic N) is 3. The quantitative estimate of drug-likeness (QED) is 0.689. The fraction of sp³-hybridized carbons (Fsp3) is 0.750. The van der Waals surface area contributed by atoms with Crippen molar-refractivity contribution in [2.45, 2.75) is 56.6 Å². The number of carbonyl (C=O) groups is 1. The Labute approximate surface area is 150 Å². The van der Waals surface area contributed by atoms with E-state index >= 15 is 0 Å². The van der Waals surface area contributed by atoms with Crippen LogP contribution in [0.5, 0.6) is 0 Å². The molecular formula is C16H29N5O3S. The van der Waals surface area contributed by atoms with Gasteiger partial charge in [-0.25, -0.2) is 13.1 Å². The summed E-state index contributed by atoms with van der Waals surface area (Å²) in [4.78, 5) is 14.0. The van der Waals surface area contributed by atoms with Gasteiger partial charge < -0.3 is 5.32 Å². The minimum Gasteiger partial charge on any atom is -0.356 e. The van der Waals surface area contributed by atoms with Gasteiger partial charge in [-0.05, 0) is 39.3 Å². The number of amides is 1. The predicted octanol–water partition coefficient (Wildman–Crippen LogP) is 0.386. The molecule has 0 saturated carbocycles. The Hall–Kier alpha value is -1.45. The van der Waals surface area contributed by atoms with E-state index in [1.165, 1.54) is 4.68 Å². The number of likely N-dealkylation sites (tertiary alicyclic amines) is 1. The summed E-state index contributed by atoms with van der Waals surface area (Å²) in [5.74, 6) is 0.0605. The van der Waals surface area contributed by atoms with Crippen molar-refractivity contribution in [1.29, 1.82) is 0 Å². The number of aromatic nitrogens is 2. The second-order valence-corrected chi connectivity index (χ2v) is 8.42. The third kappa shape index (κ3) is 5.02. The molecule has 1 fully saturated rings. The zero-order valence-corrected chi connectivity index (χ0v) is 16.3. The van der Waals surface area contributed by atoms with E-state index in [9.17, 15) is 13.2 Å². The Balaban J connectivity index is 1.89. The first-order valence-electron chi connectivity index (χ1n) is 8.73. The highest BCUT2D eigenvalue weighted by molar-refractivity contribution is 7.89. The van der Waals surface area contributed by atoms with Gasteiger partial charge in [0.15, 0.2) is 5.03 Å². The average Bonchev–Trinajstić information content (AvgIpc) is 3.06. The molecule has 1 amide bonds. The fourth-order valence-electron chi connectivity index (χ4n) is 3.25. The second-order valence-electron chi connectivity index (χ2n) is 6.70. The molecular weight excluding hydrogens is 342 g/mol. The van der Waals surface area contributed by atoms with Crippen molar-refractivity contribution in [1.82, 2.24) is 24.7 Å². The third-order valence-corrected chi connectivity index (χ3v) is 6.20. The van der Waals surface area contributed by atoms with Gasteiger partial charge in [0.25, 0.3) is 10.0 Å². The maximum Gasteiger partial charge on any atom is 0.257 e. The van der Waals surface area contributed by atoms with Crippen LogP contribution >= 0.6 is 0 Å². The molecule has 9 heteroatoms. The smallest absolute Gasteiger partial charge is 0.257 e. The molecule has 0 bridgehead atoms. The van der Waals surface area contributed by atoms with Crippen molar-refractivity contribution in [3.05, 3.63) is 11.8 Å². The van der Waals surface area contributed by atoms with E-state index < -0.39 is 10.0 Å². The standard InChI is InChI=1S/C16H29N5O3S/c1-5-8-17-15(22)10-13-6-7-14(20(13)3)11-18-25(23,24)16-9-12(2)19-21(16)4/h9,13-14,18H,5-8,10-11H2,1-4H3,(H,17,22)/t13-,14+/m1/s1. The lowest BCUT2D eigenvalue weighted by molar-refractivity contribution is -0.122. The van der Waals surface area contributed by atoms with Gasteiger partial charge in [0.1, 0.15) is 0 Å².